The maximum Gasteiger partial charge on any atom is 0.408 e. The number of rotatable bonds is 4. The van der Waals surface area contributed by atoms with Crippen LogP contribution >= 0.6 is 0 Å². The maximum absolute atomic E-state index is 11.3. The van der Waals surface area contributed by atoms with E-state index in [0.29, 0.717) is 0 Å². The molecule has 0 aliphatic rings. The van der Waals surface area contributed by atoms with Crippen molar-refractivity contribution in [2.24, 2.45) is 0 Å². The van der Waals surface area contributed by atoms with Crippen molar-refractivity contribution in [2.45, 2.75) is 45.4 Å². The van der Waals surface area contributed by atoms with Crippen molar-refractivity contribution in [1.29, 1.82) is 0 Å². The number of carbonyl (C=O) groups excluding carboxylic acids is 1. The standard InChI is InChI=1S/C10H21NO4/c1-7(12)8(6-14-5)11-9(13)15-10(2,3)4/h7-8,12H,6H2,1-5H3,(H,11,13)/t7?,8-/m1/s1. The summed E-state index contributed by atoms with van der Waals surface area (Å²) < 4.78 is 9.91. The lowest BCUT2D eigenvalue weighted by atomic mass is 10.2. The molecule has 0 heterocycles. The lowest BCUT2D eigenvalue weighted by Crippen LogP contribution is -2.46. The van der Waals surface area contributed by atoms with Crippen LogP contribution in [0.1, 0.15) is 27.7 Å². The minimum absolute atomic E-state index is 0.247. The van der Waals surface area contributed by atoms with Gasteiger partial charge in [0.25, 0.3) is 0 Å². The molecule has 5 nitrogen and oxygen atoms in total. The summed E-state index contributed by atoms with van der Waals surface area (Å²) in [5.74, 6) is 0. The van der Waals surface area contributed by atoms with Crippen molar-refractivity contribution >= 4 is 6.09 Å². The third-order valence-electron chi connectivity index (χ3n) is 1.63. The van der Waals surface area contributed by atoms with Gasteiger partial charge in [0.2, 0.25) is 0 Å². The lowest BCUT2D eigenvalue weighted by molar-refractivity contribution is 0.0336. The summed E-state index contributed by atoms with van der Waals surface area (Å²) >= 11 is 0. The van der Waals surface area contributed by atoms with Crippen LogP contribution in [-0.4, -0.2) is 42.7 Å². The van der Waals surface area contributed by atoms with E-state index in [1.165, 1.54) is 7.11 Å². The van der Waals surface area contributed by atoms with Crippen LogP contribution in [0, 0.1) is 0 Å². The van der Waals surface area contributed by atoms with E-state index in [4.69, 9.17) is 9.47 Å². The highest BCUT2D eigenvalue weighted by atomic mass is 16.6. The van der Waals surface area contributed by atoms with Gasteiger partial charge in [-0.1, -0.05) is 0 Å². The summed E-state index contributed by atoms with van der Waals surface area (Å²) in [6, 6.07) is -0.454. The number of aliphatic hydroxyl groups excluding tert-OH is 1. The number of nitrogens with one attached hydrogen (secondary N) is 1. The van der Waals surface area contributed by atoms with Gasteiger partial charge in [-0.3, -0.25) is 0 Å². The predicted molar refractivity (Wildman–Crippen MR) is 56.7 cm³/mol. The third kappa shape index (κ3) is 7.16. The number of ether oxygens (including phenoxy) is 2. The van der Waals surface area contributed by atoms with Gasteiger partial charge in [0.15, 0.2) is 0 Å². The quantitative estimate of drug-likeness (QED) is 0.737. The third-order valence-corrected chi connectivity index (χ3v) is 1.63. The fourth-order valence-corrected chi connectivity index (χ4v) is 0.940. The topological polar surface area (TPSA) is 67.8 Å². The maximum atomic E-state index is 11.3. The first-order valence-corrected chi connectivity index (χ1v) is 4.93. The number of methoxy groups -OCH3 is 1. The Morgan fingerprint density at radius 3 is 2.33 bits per heavy atom. The van der Waals surface area contributed by atoms with Gasteiger partial charge in [-0.2, -0.15) is 0 Å². The van der Waals surface area contributed by atoms with Gasteiger partial charge < -0.3 is 19.9 Å². The van der Waals surface area contributed by atoms with Gasteiger partial charge in [0, 0.05) is 7.11 Å². The van der Waals surface area contributed by atoms with Gasteiger partial charge in [0.05, 0.1) is 18.8 Å². The SMILES string of the molecule is COC[C@@H](NC(=O)OC(C)(C)C)C(C)O. The highest BCUT2D eigenvalue weighted by molar-refractivity contribution is 5.68. The molecule has 0 radical (unpaired) electrons. The Morgan fingerprint density at radius 1 is 1.47 bits per heavy atom. The monoisotopic (exact) mass is 219 g/mol. The van der Waals surface area contributed by atoms with Crippen LogP contribution in [0.5, 0.6) is 0 Å². The lowest BCUT2D eigenvalue weighted by Gasteiger charge is -2.24. The van der Waals surface area contributed by atoms with Crippen LogP contribution < -0.4 is 5.32 Å². The molecule has 0 aliphatic carbocycles. The van der Waals surface area contributed by atoms with Gasteiger partial charge in [-0.25, -0.2) is 4.79 Å². The predicted octanol–water partition coefficient (Wildman–Crippen LogP) is 0.907. The Morgan fingerprint density at radius 2 is 2.00 bits per heavy atom. The second-order valence-corrected chi connectivity index (χ2v) is 4.45. The molecule has 2 atom stereocenters. The second-order valence-electron chi connectivity index (χ2n) is 4.45. The van der Waals surface area contributed by atoms with E-state index in [2.05, 4.69) is 5.32 Å². The molecule has 0 aromatic heterocycles. The molecule has 0 saturated carbocycles. The first kappa shape index (κ1) is 14.2. The molecule has 0 rings (SSSR count). The second kappa shape index (κ2) is 5.92. The Hall–Kier alpha value is -0.810. The molecule has 15 heavy (non-hydrogen) atoms. The zero-order valence-corrected chi connectivity index (χ0v) is 10.0. The van der Waals surface area contributed by atoms with Gasteiger partial charge in [0.1, 0.15) is 5.60 Å². The van der Waals surface area contributed by atoms with Crippen LogP contribution in [0.2, 0.25) is 0 Å². The Balaban J connectivity index is 4.11. The highest BCUT2D eigenvalue weighted by Gasteiger charge is 2.21. The smallest absolute Gasteiger partial charge is 0.408 e. The summed E-state index contributed by atoms with van der Waals surface area (Å²) in [5.41, 5.74) is -0.541. The van der Waals surface area contributed by atoms with Crippen molar-refractivity contribution in [3.8, 4) is 0 Å². The minimum atomic E-state index is -0.683. The summed E-state index contributed by atoms with van der Waals surface area (Å²) in [4.78, 5) is 11.3. The van der Waals surface area contributed by atoms with Gasteiger partial charge in [-0.15, -0.1) is 0 Å². The zero-order chi connectivity index (χ0) is 12.1. The molecular weight excluding hydrogens is 198 g/mol. The Bertz CT molecular complexity index is 198. The first-order chi connectivity index (χ1) is 6.76. The molecular formula is C10H21NO4. The molecule has 0 bridgehead atoms. The minimum Gasteiger partial charge on any atom is -0.444 e. The zero-order valence-electron chi connectivity index (χ0n) is 10.0. The largest absolute Gasteiger partial charge is 0.444 e. The van der Waals surface area contributed by atoms with Crippen molar-refractivity contribution in [1.82, 2.24) is 5.32 Å². The molecule has 0 saturated heterocycles. The van der Waals surface area contributed by atoms with Gasteiger partial charge in [-0.05, 0) is 27.7 Å². The fourth-order valence-electron chi connectivity index (χ4n) is 0.940. The fraction of sp³-hybridized carbons (Fsp3) is 0.900. The van der Waals surface area contributed by atoms with E-state index >= 15 is 0 Å². The van der Waals surface area contributed by atoms with Crippen molar-refractivity contribution in [3.63, 3.8) is 0 Å². The molecule has 0 aromatic carbocycles. The van der Waals surface area contributed by atoms with Crippen LogP contribution in [0.3, 0.4) is 0 Å². The number of alkyl carbamates (subject to hydrolysis) is 1. The number of carbonyl (C=O) groups is 1. The molecule has 5 heteroatoms. The van der Waals surface area contributed by atoms with Crippen molar-refractivity contribution in [2.75, 3.05) is 13.7 Å². The molecule has 0 spiro atoms. The Kier molecular flexibility index (Phi) is 5.60. The molecule has 90 valence electrons. The molecule has 0 aliphatic heterocycles. The molecule has 2 N–H and O–H groups in total. The number of hydrogen-bond donors (Lipinski definition) is 2. The molecule has 1 amide bonds. The van der Waals surface area contributed by atoms with E-state index in [1.807, 2.05) is 0 Å². The van der Waals surface area contributed by atoms with Crippen molar-refractivity contribution < 1.29 is 19.4 Å². The summed E-state index contributed by atoms with van der Waals surface area (Å²) in [5, 5.41) is 11.9. The summed E-state index contributed by atoms with van der Waals surface area (Å²) in [6.45, 7) is 7.17. The van der Waals surface area contributed by atoms with E-state index in [9.17, 15) is 9.90 Å². The number of aliphatic hydroxyl groups is 1. The van der Waals surface area contributed by atoms with Crippen LogP contribution in [0.4, 0.5) is 4.79 Å². The van der Waals surface area contributed by atoms with Crippen LogP contribution in [0.25, 0.3) is 0 Å². The first-order valence-electron chi connectivity index (χ1n) is 4.93. The Labute approximate surface area is 90.8 Å². The van der Waals surface area contributed by atoms with E-state index < -0.39 is 23.8 Å². The van der Waals surface area contributed by atoms with Crippen LogP contribution in [-0.2, 0) is 9.47 Å². The summed E-state index contributed by atoms with van der Waals surface area (Å²) in [7, 11) is 1.51. The highest BCUT2D eigenvalue weighted by Crippen LogP contribution is 2.07. The van der Waals surface area contributed by atoms with E-state index in [0.717, 1.165) is 0 Å². The molecule has 0 aromatic rings. The van der Waals surface area contributed by atoms with Crippen LogP contribution in [0.15, 0.2) is 0 Å². The number of amides is 1. The van der Waals surface area contributed by atoms with E-state index in [-0.39, 0.29) is 6.61 Å². The van der Waals surface area contributed by atoms with E-state index in [1.54, 1.807) is 27.7 Å². The van der Waals surface area contributed by atoms with Gasteiger partial charge >= 0.3 is 6.09 Å². The summed E-state index contributed by atoms with van der Waals surface area (Å²) in [6.07, 6.45) is -1.23. The molecule has 1 unspecified atom stereocenters. The van der Waals surface area contributed by atoms with Crippen molar-refractivity contribution in [3.05, 3.63) is 0 Å². The number of hydrogen-bond acceptors (Lipinski definition) is 4. The normalized spacial score (nSPS) is 15.6. The molecule has 0 fully saturated rings. The average molecular weight is 219 g/mol. The average Bonchev–Trinajstić information content (AvgIpc) is 1.99.